The standard InChI is InChI=1S/C18H33N3O2/c1-7-11-18(6,21(10-4)12-8-2)14(5)19-17(22)16-13-15(9-3)23-20-16/h13-14H,7-12H2,1-6H3,(H,19,22). The first kappa shape index (κ1) is 19.7. The van der Waals surface area contributed by atoms with Crippen LogP contribution >= 0.6 is 0 Å². The van der Waals surface area contributed by atoms with Gasteiger partial charge in [-0.05, 0) is 39.8 Å². The summed E-state index contributed by atoms with van der Waals surface area (Å²) >= 11 is 0. The molecule has 0 aliphatic carbocycles. The first-order valence-corrected chi connectivity index (χ1v) is 8.94. The number of rotatable bonds is 10. The fraction of sp³-hybridized carbons (Fsp3) is 0.778. The van der Waals surface area contributed by atoms with E-state index in [4.69, 9.17) is 4.52 Å². The Morgan fingerprint density at radius 3 is 2.52 bits per heavy atom. The summed E-state index contributed by atoms with van der Waals surface area (Å²) in [4.78, 5) is 14.9. The van der Waals surface area contributed by atoms with Crippen LogP contribution in [0.3, 0.4) is 0 Å². The number of carbonyl (C=O) groups excluding carboxylic acids is 1. The molecule has 1 rings (SSSR count). The van der Waals surface area contributed by atoms with Crippen LogP contribution in [0.15, 0.2) is 10.6 Å². The van der Waals surface area contributed by atoms with Crippen LogP contribution in [0.4, 0.5) is 0 Å². The Morgan fingerprint density at radius 1 is 1.35 bits per heavy atom. The largest absolute Gasteiger partial charge is 0.361 e. The van der Waals surface area contributed by atoms with Gasteiger partial charge in [0.25, 0.3) is 5.91 Å². The lowest BCUT2D eigenvalue weighted by atomic mass is 9.86. The second-order valence-electron chi connectivity index (χ2n) is 6.41. The summed E-state index contributed by atoms with van der Waals surface area (Å²) < 4.78 is 5.14. The third-order valence-electron chi connectivity index (χ3n) is 4.77. The molecule has 132 valence electrons. The molecule has 5 nitrogen and oxygen atoms in total. The number of aromatic nitrogens is 1. The van der Waals surface area contributed by atoms with E-state index >= 15 is 0 Å². The Morgan fingerprint density at radius 2 is 2.04 bits per heavy atom. The van der Waals surface area contributed by atoms with Crippen molar-refractivity contribution in [3.63, 3.8) is 0 Å². The smallest absolute Gasteiger partial charge is 0.273 e. The van der Waals surface area contributed by atoms with Crippen molar-refractivity contribution in [1.82, 2.24) is 15.4 Å². The molecule has 0 bridgehead atoms. The molecule has 0 fully saturated rings. The van der Waals surface area contributed by atoms with Crippen molar-refractivity contribution in [2.24, 2.45) is 0 Å². The quantitative estimate of drug-likeness (QED) is 0.714. The predicted molar refractivity (Wildman–Crippen MR) is 93.7 cm³/mol. The van der Waals surface area contributed by atoms with Crippen LogP contribution in [-0.2, 0) is 6.42 Å². The van der Waals surface area contributed by atoms with Gasteiger partial charge in [0, 0.05) is 24.1 Å². The van der Waals surface area contributed by atoms with Crippen LogP contribution in [0.5, 0.6) is 0 Å². The number of carbonyl (C=O) groups is 1. The summed E-state index contributed by atoms with van der Waals surface area (Å²) in [6.07, 6.45) is 3.97. The van der Waals surface area contributed by atoms with Gasteiger partial charge in [0.2, 0.25) is 0 Å². The minimum absolute atomic E-state index is 0.0308. The van der Waals surface area contributed by atoms with Crippen LogP contribution in [0, 0.1) is 0 Å². The number of hydrogen-bond donors (Lipinski definition) is 1. The van der Waals surface area contributed by atoms with Crippen molar-refractivity contribution in [3.8, 4) is 0 Å². The average molecular weight is 323 g/mol. The fourth-order valence-electron chi connectivity index (χ4n) is 3.21. The average Bonchev–Trinajstić information content (AvgIpc) is 3.01. The SMILES string of the molecule is CCCN(CC)C(C)(CCC)C(C)NC(=O)c1cc(CC)on1. The van der Waals surface area contributed by atoms with Gasteiger partial charge in [-0.3, -0.25) is 9.69 Å². The van der Waals surface area contributed by atoms with Crippen LogP contribution in [0.2, 0.25) is 0 Å². The van der Waals surface area contributed by atoms with Crippen molar-refractivity contribution in [3.05, 3.63) is 17.5 Å². The number of likely N-dealkylation sites (N-methyl/N-ethyl adjacent to an activating group) is 1. The van der Waals surface area contributed by atoms with Gasteiger partial charge in [0.15, 0.2) is 5.69 Å². The molecule has 0 spiro atoms. The molecule has 0 saturated carbocycles. The van der Waals surface area contributed by atoms with Crippen molar-refractivity contribution in [1.29, 1.82) is 0 Å². The lowest BCUT2D eigenvalue weighted by molar-refractivity contribution is 0.0582. The van der Waals surface area contributed by atoms with E-state index in [9.17, 15) is 4.79 Å². The highest BCUT2D eigenvalue weighted by Crippen LogP contribution is 2.26. The third-order valence-corrected chi connectivity index (χ3v) is 4.77. The van der Waals surface area contributed by atoms with E-state index in [1.54, 1.807) is 6.07 Å². The van der Waals surface area contributed by atoms with Gasteiger partial charge in [-0.1, -0.05) is 39.3 Å². The van der Waals surface area contributed by atoms with E-state index in [1.165, 1.54) is 0 Å². The van der Waals surface area contributed by atoms with E-state index < -0.39 is 0 Å². The predicted octanol–water partition coefficient (Wildman–Crippen LogP) is 3.65. The maximum Gasteiger partial charge on any atom is 0.273 e. The Balaban J connectivity index is 2.87. The monoisotopic (exact) mass is 323 g/mol. The molecule has 0 aromatic carbocycles. The van der Waals surface area contributed by atoms with Gasteiger partial charge in [-0.15, -0.1) is 0 Å². The number of nitrogens with zero attached hydrogens (tertiary/aromatic N) is 2. The minimum atomic E-state index is -0.157. The lowest BCUT2D eigenvalue weighted by Gasteiger charge is -2.45. The number of hydrogen-bond acceptors (Lipinski definition) is 4. The zero-order valence-corrected chi connectivity index (χ0v) is 15.6. The van der Waals surface area contributed by atoms with Crippen LogP contribution in [0.25, 0.3) is 0 Å². The van der Waals surface area contributed by atoms with Gasteiger partial charge in [0.1, 0.15) is 5.76 Å². The maximum atomic E-state index is 12.5. The first-order chi connectivity index (χ1) is 10.9. The summed E-state index contributed by atoms with van der Waals surface area (Å²) in [5.74, 6) is 0.580. The Kier molecular flexibility index (Phi) is 7.76. The minimum Gasteiger partial charge on any atom is -0.361 e. The molecular weight excluding hydrogens is 290 g/mol. The van der Waals surface area contributed by atoms with Crippen molar-refractivity contribution in [2.75, 3.05) is 13.1 Å². The van der Waals surface area contributed by atoms with Gasteiger partial charge in [-0.2, -0.15) is 0 Å². The van der Waals surface area contributed by atoms with E-state index in [0.29, 0.717) is 5.69 Å². The zero-order chi connectivity index (χ0) is 17.5. The summed E-state index contributed by atoms with van der Waals surface area (Å²) in [5, 5.41) is 7.00. The topological polar surface area (TPSA) is 58.4 Å². The Labute approximate surface area is 140 Å². The molecule has 2 unspecified atom stereocenters. The van der Waals surface area contributed by atoms with E-state index in [2.05, 4.69) is 50.0 Å². The molecule has 0 aliphatic rings. The van der Waals surface area contributed by atoms with Gasteiger partial charge in [0.05, 0.1) is 0 Å². The number of amides is 1. The molecule has 0 aliphatic heterocycles. The van der Waals surface area contributed by atoms with Crippen LogP contribution in [-0.4, -0.2) is 40.6 Å². The van der Waals surface area contributed by atoms with E-state index in [1.807, 2.05) is 6.92 Å². The number of aryl methyl sites for hydroxylation is 1. The molecule has 1 aromatic rings. The summed E-state index contributed by atoms with van der Waals surface area (Å²) in [6.45, 7) is 14.9. The highest BCUT2D eigenvalue weighted by Gasteiger charge is 2.36. The van der Waals surface area contributed by atoms with Crippen LogP contribution < -0.4 is 5.32 Å². The molecule has 0 radical (unpaired) electrons. The highest BCUT2D eigenvalue weighted by atomic mass is 16.5. The first-order valence-electron chi connectivity index (χ1n) is 8.94. The fourth-order valence-corrected chi connectivity index (χ4v) is 3.21. The number of nitrogens with one attached hydrogen (secondary N) is 1. The molecular formula is C18H33N3O2. The van der Waals surface area contributed by atoms with Crippen LogP contribution in [0.1, 0.15) is 77.1 Å². The second-order valence-corrected chi connectivity index (χ2v) is 6.41. The molecule has 23 heavy (non-hydrogen) atoms. The molecule has 1 amide bonds. The molecule has 1 heterocycles. The Hall–Kier alpha value is -1.36. The molecule has 2 atom stereocenters. The normalized spacial score (nSPS) is 15.4. The molecule has 0 saturated heterocycles. The highest BCUT2D eigenvalue weighted by molar-refractivity contribution is 5.92. The van der Waals surface area contributed by atoms with Crippen molar-refractivity contribution in [2.45, 2.75) is 78.8 Å². The van der Waals surface area contributed by atoms with Crippen molar-refractivity contribution < 1.29 is 9.32 Å². The summed E-state index contributed by atoms with van der Waals surface area (Å²) in [7, 11) is 0. The molecule has 5 heteroatoms. The van der Waals surface area contributed by atoms with Gasteiger partial charge < -0.3 is 9.84 Å². The van der Waals surface area contributed by atoms with Crippen molar-refractivity contribution >= 4 is 5.91 Å². The zero-order valence-electron chi connectivity index (χ0n) is 15.6. The van der Waals surface area contributed by atoms with Gasteiger partial charge in [-0.25, -0.2) is 0 Å². The maximum absolute atomic E-state index is 12.5. The molecule has 1 aromatic heterocycles. The van der Waals surface area contributed by atoms with Gasteiger partial charge >= 0.3 is 0 Å². The third kappa shape index (κ3) is 4.80. The van der Waals surface area contributed by atoms with E-state index in [-0.39, 0.29) is 17.5 Å². The lowest BCUT2D eigenvalue weighted by Crippen LogP contribution is -2.59. The Bertz CT molecular complexity index is 486. The second kappa shape index (κ2) is 9.06. The molecule has 1 N–H and O–H groups in total. The summed E-state index contributed by atoms with van der Waals surface area (Å²) in [6, 6.07) is 1.76. The summed E-state index contributed by atoms with van der Waals surface area (Å²) in [5.41, 5.74) is 0.304. The van der Waals surface area contributed by atoms with E-state index in [0.717, 1.165) is 44.5 Å².